The van der Waals surface area contributed by atoms with Crippen LogP contribution in [0.1, 0.15) is 48.5 Å². The van der Waals surface area contributed by atoms with Crippen LogP contribution >= 0.6 is 0 Å². The van der Waals surface area contributed by atoms with Crippen LogP contribution < -0.4 is 5.32 Å². The van der Waals surface area contributed by atoms with Crippen molar-refractivity contribution in [2.45, 2.75) is 39.3 Å². The molecule has 5 rings (SSSR count). The van der Waals surface area contributed by atoms with Gasteiger partial charge in [0.2, 0.25) is 5.91 Å². The Kier molecular flexibility index (Phi) is 5.88. The highest BCUT2D eigenvalue weighted by atomic mass is 16.5. The van der Waals surface area contributed by atoms with Crippen LogP contribution in [0.2, 0.25) is 0 Å². The summed E-state index contributed by atoms with van der Waals surface area (Å²) in [5, 5.41) is 12.9. The number of para-hydroxylation sites is 1. The van der Waals surface area contributed by atoms with E-state index in [2.05, 4.69) is 33.9 Å². The van der Waals surface area contributed by atoms with Gasteiger partial charge in [-0.1, -0.05) is 32.0 Å². The third kappa shape index (κ3) is 4.25. The van der Waals surface area contributed by atoms with Crippen molar-refractivity contribution in [1.29, 1.82) is 0 Å². The number of nitrogens with one attached hydrogen (secondary N) is 1. The van der Waals surface area contributed by atoms with Gasteiger partial charge < -0.3 is 23.9 Å². The molecule has 1 saturated heterocycles. The molecule has 1 N–H and O–H groups in total. The molecule has 2 aliphatic heterocycles. The van der Waals surface area contributed by atoms with Gasteiger partial charge in [0.25, 0.3) is 5.91 Å². The number of amides is 2. The number of benzene rings is 1. The second-order valence-corrected chi connectivity index (χ2v) is 9.11. The number of nitrogens with zero attached hydrogens (tertiary/aromatic N) is 4. The fraction of sp³-hybridized carbons (Fsp3) is 0.500. The Balaban J connectivity index is 1.32. The van der Waals surface area contributed by atoms with Crippen LogP contribution in [0.15, 0.2) is 34.7 Å². The maximum Gasteiger partial charge on any atom is 0.289 e. The SMILES string of the molecule is CC(C)[C@@H](NC(=O)[C@H]1CCOC1)c1nnc2n1CCN(C(=O)c1cc3ccccc3o1)CC2. The summed E-state index contributed by atoms with van der Waals surface area (Å²) in [4.78, 5) is 27.7. The predicted octanol–water partition coefficient (Wildman–Crippen LogP) is 2.57. The third-order valence-electron chi connectivity index (χ3n) is 6.52. The molecular formula is C24H29N5O4. The lowest BCUT2D eigenvalue weighted by atomic mass is 10.0. The number of carbonyl (C=O) groups is 2. The zero-order chi connectivity index (χ0) is 22.9. The number of rotatable bonds is 5. The lowest BCUT2D eigenvalue weighted by Crippen LogP contribution is -2.38. The summed E-state index contributed by atoms with van der Waals surface area (Å²) in [7, 11) is 0. The third-order valence-corrected chi connectivity index (χ3v) is 6.52. The van der Waals surface area contributed by atoms with E-state index in [1.54, 1.807) is 11.0 Å². The van der Waals surface area contributed by atoms with Crippen molar-refractivity contribution >= 4 is 22.8 Å². The van der Waals surface area contributed by atoms with Gasteiger partial charge in [0, 0.05) is 38.0 Å². The second kappa shape index (κ2) is 8.97. The fourth-order valence-electron chi connectivity index (χ4n) is 4.56. The first kappa shape index (κ1) is 21.6. The first-order valence-electron chi connectivity index (χ1n) is 11.6. The number of hydrogen-bond acceptors (Lipinski definition) is 6. The molecule has 33 heavy (non-hydrogen) atoms. The molecule has 1 fully saturated rings. The maximum atomic E-state index is 13.1. The Morgan fingerprint density at radius 2 is 2.00 bits per heavy atom. The summed E-state index contributed by atoms with van der Waals surface area (Å²) in [6.07, 6.45) is 1.33. The van der Waals surface area contributed by atoms with Crippen molar-refractivity contribution in [1.82, 2.24) is 25.0 Å². The van der Waals surface area contributed by atoms with Crippen LogP contribution in [0.25, 0.3) is 11.0 Å². The van der Waals surface area contributed by atoms with Crippen molar-refractivity contribution in [2.75, 3.05) is 26.3 Å². The van der Waals surface area contributed by atoms with Crippen LogP contribution in [0.5, 0.6) is 0 Å². The first-order valence-corrected chi connectivity index (χ1v) is 11.6. The Hall–Kier alpha value is -3.20. The lowest BCUT2D eigenvalue weighted by Gasteiger charge is -2.24. The smallest absolute Gasteiger partial charge is 0.289 e. The Morgan fingerprint density at radius 3 is 2.76 bits per heavy atom. The molecule has 0 unspecified atom stereocenters. The van der Waals surface area contributed by atoms with Crippen molar-refractivity contribution in [3.8, 4) is 0 Å². The van der Waals surface area contributed by atoms with Gasteiger partial charge in [-0.2, -0.15) is 0 Å². The molecule has 9 nitrogen and oxygen atoms in total. The number of ether oxygens (including phenoxy) is 1. The van der Waals surface area contributed by atoms with Crippen LogP contribution in [-0.2, 0) is 22.5 Å². The van der Waals surface area contributed by atoms with Crippen LogP contribution in [0, 0.1) is 11.8 Å². The Morgan fingerprint density at radius 1 is 1.15 bits per heavy atom. The minimum absolute atomic E-state index is 0.00105. The lowest BCUT2D eigenvalue weighted by molar-refractivity contribution is -0.126. The fourth-order valence-corrected chi connectivity index (χ4v) is 4.56. The van der Waals surface area contributed by atoms with Crippen LogP contribution in [0.4, 0.5) is 0 Å². The highest BCUT2D eigenvalue weighted by Gasteiger charge is 2.32. The molecule has 2 aromatic heterocycles. The Labute approximate surface area is 192 Å². The van der Waals surface area contributed by atoms with Gasteiger partial charge in [0.1, 0.15) is 11.4 Å². The summed E-state index contributed by atoms with van der Waals surface area (Å²) in [5.41, 5.74) is 0.707. The molecule has 174 valence electrons. The van der Waals surface area contributed by atoms with E-state index in [0.717, 1.165) is 23.5 Å². The molecule has 3 aromatic rings. The van der Waals surface area contributed by atoms with Crippen molar-refractivity contribution in [3.63, 3.8) is 0 Å². The average molecular weight is 452 g/mol. The summed E-state index contributed by atoms with van der Waals surface area (Å²) in [5.74, 6) is 1.82. The van der Waals surface area contributed by atoms with Gasteiger partial charge in [-0.3, -0.25) is 9.59 Å². The topological polar surface area (TPSA) is 102 Å². The van der Waals surface area contributed by atoms with Gasteiger partial charge in [-0.25, -0.2) is 0 Å². The summed E-state index contributed by atoms with van der Waals surface area (Å²) < 4.78 is 13.2. The van der Waals surface area contributed by atoms with E-state index in [0.29, 0.717) is 50.6 Å². The molecule has 1 aromatic carbocycles. The molecular weight excluding hydrogens is 422 g/mol. The molecule has 0 spiro atoms. The highest BCUT2D eigenvalue weighted by molar-refractivity contribution is 5.96. The molecule has 2 atom stereocenters. The van der Waals surface area contributed by atoms with Crippen LogP contribution in [-0.4, -0.2) is 57.8 Å². The first-order chi connectivity index (χ1) is 16.0. The monoisotopic (exact) mass is 451 g/mol. The molecule has 2 aliphatic rings. The average Bonchev–Trinajstić information content (AvgIpc) is 3.54. The minimum Gasteiger partial charge on any atom is -0.451 e. The number of furan rings is 1. The molecule has 9 heteroatoms. The van der Waals surface area contributed by atoms with Gasteiger partial charge in [0.15, 0.2) is 11.6 Å². The maximum absolute atomic E-state index is 13.1. The highest BCUT2D eigenvalue weighted by Crippen LogP contribution is 2.25. The Bertz CT molecular complexity index is 1130. The molecule has 2 amide bonds. The summed E-state index contributed by atoms with van der Waals surface area (Å²) >= 11 is 0. The van der Waals surface area contributed by atoms with Crippen molar-refractivity contribution in [2.24, 2.45) is 11.8 Å². The van der Waals surface area contributed by atoms with E-state index < -0.39 is 0 Å². The van der Waals surface area contributed by atoms with E-state index >= 15 is 0 Å². The minimum atomic E-state index is -0.253. The van der Waals surface area contributed by atoms with Crippen molar-refractivity contribution in [3.05, 3.63) is 47.7 Å². The van der Waals surface area contributed by atoms with Gasteiger partial charge in [-0.05, 0) is 24.5 Å². The van der Waals surface area contributed by atoms with Gasteiger partial charge in [-0.15, -0.1) is 10.2 Å². The van der Waals surface area contributed by atoms with E-state index in [4.69, 9.17) is 9.15 Å². The normalized spacial score (nSPS) is 19.5. The van der Waals surface area contributed by atoms with E-state index in [9.17, 15) is 9.59 Å². The zero-order valence-corrected chi connectivity index (χ0v) is 19.0. The molecule has 4 heterocycles. The van der Waals surface area contributed by atoms with E-state index in [1.165, 1.54) is 0 Å². The van der Waals surface area contributed by atoms with Gasteiger partial charge in [0.05, 0.1) is 18.6 Å². The largest absolute Gasteiger partial charge is 0.451 e. The zero-order valence-electron chi connectivity index (χ0n) is 19.0. The van der Waals surface area contributed by atoms with E-state index in [1.807, 2.05) is 24.3 Å². The number of aromatic nitrogens is 3. The summed E-state index contributed by atoms with van der Waals surface area (Å²) in [6, 6.07) is 9.16. The number of fused-ring (bicyclic) bond motifs is 2. The quantitative estimate of drug-likeness (QED) is 0.640. The van der Waals surface area contributed by atoms with Gasteiger partial charge >= 0.3 is 0 Å². The predicted molar refractivity (Wildman–Crippen MR) is 120 cm³/mol. The standard InChI is InChI=1S/C24H29N5O4/c1-15(2)21(25-23(30)17-8-12-32-14-17)22-27-26-20-7-9-28(10-11-29(20)22)24(31)19-13-16-5-3-4-6-18(16)33-19/h3-6,13,15,17,21H,7-12,14H2,1-2H3,(H,25,30)/t17-,21+/m0/s1. The molecule has 0 aliphatic carbocycles. The summed E-state index contributed by atoms with van der Waals surface area (Å²) in [6.45, 7) is 6.83. The van der Waals surface area contributed by atoms with E-state index in [-0.39, 0.29) is 29.7 Å². The number of carbonyl (C=O) groups excluding carboxylic acids is 2. The van der Waals surface area contributed by atoms with Crippen molar-refractivity contribution < 1.29 is 18.7 Å². The second-order valence-electron chi connectivity index (χ2n) is 9.11. The molecule has 0 radical (unpaired) electrons. The molecule has 0 bridgehead atoms. The van der Waals surface area contributed by atoms with Crippen LogP contribution in [0.3, 0.4) is 0 Å². The molecule has 0 saturated carbocycles. The number of hydrogen-bond donors (Lipinski definition) is 1.